The van der Waals surface area contributed by atoms with Crippen molar-refractivity contribution in [2.75, 3.05) is 18.4 Å². The Labute approximate surface area is 172 Å². The Morgan fingerprint density at radius 2 is 1.72 bits per heavy atom. The Balaban J connectivity index is 1.48. The van der Waals surface area contributed by atoms with Crippen LogP contribution in [0.5, 0.6) is 0 Å². The molecule has 0 aromatic heterocycles. The van der Waals surface area contributed by atoms with Crippen molar-refractivity contribution in [3.8, 4) is 0 Å². The van der Waals surface area contributed by atoms with Crippen molar-refractivity contribution in [1.29, 1.82) is 0 Å². The summed E-state index contributed by atoms with van der Waals surface area (Å²) in [4.78, 5) is 24.5. The van der Waals surface area contributed by atoms with E-state index in [-0.39, 0.29) is 10.9 Å². The summed E-state index contributed by atoms with van der Waals surface area (Å²) in [5.74, 6) is -0.192. The molecule has 1 heterocycles. The summed E-state index contributed by atoms with van der Waals surface area (Å²) < 4.78 is 31.8. The number of amides is 1. The first kappa shape index (κ1) is 21.8. The quantitative estimate of drug-likeness (QED) is 0.649. The molecule has 2 aliphatic rings. The summed E-state index contributed by atoms with van der Waals surface area (Å²) in [7, 11) is -3.48. The van der Waals surface area contributed by atoms with E-state index in [0.717, 1.165) is 19.3 Å². The fraction of sp³-hybridized carbons (Fsp3) is 0.619. The molecule has 1 aliphatic heterocycles. The molecule has 1 aromatic rings. The number of esters is 1. The Hall–Kier alpha value is -1.93. The number of nitrogens with zero attached hydrogens (tertiary/aromatic N) is 1. The van der Waals surface area contributed by atoms with Crippen molar-refractivity contribution in [3.63, 3.8) is 0 Å². The van der Waals surface area contributed by atoms with E-state index in [1.807, 2.05) is 0 Å². The molecule has 1 aromatic carbocycles. The molecule has 1 N–H and O–H groups in total. The number of carbonyl (C=O) groups is 2. The van der Waals surface area contributed by atoms with E-state index in [9.17, 15) is 18.0 Å². The molecular weight excluding hydrogens is 392 g/mol. The zero-order valence-electron chi connectivity index (χ0n) is 16.9. The van der Waals surface area contributed by atoms with Gasteiger partial charge in [0.2, 0.25) is 10.0 Å². The lowest BCUT2D eigenvalue weighted by atomic mass is 10.0. The lowest BCUT2D eigenvalue weighted by molar-refractivity contribution is -0.153. The van der Waals surface area contributed by atoms with Crippen molar-refractivity contribution >= 4 is 27.6 Å². The number of sulfonamides is 1. The fourth-order valence-corrected chi connectivity index (χ4v) is 5.48. The van der Waals surface area contributed by atoms with Gasteiger partial charge in [-0.3, -0.25) is 9.59 Å². The van der Waals surface area contributed by atoms with E-state index in [1.165, 1.54) is 49.0 Å². The summed E-state index contributed by atoms with van der Waals surface area (Å²) in [6.07, 6.45) is 6.83. The molecule has 2 fully saturated rings. The van der Waals surface area contributed by atoms with Crippen molar-refractivity contribution in [1.82, 2.24) is 4.31 Å². The number of nitrogens with one attached hydrogen (secondary N) is 1. The summed E-state index contributed by atoms with van der Waals surface area (Å²) in [5.41, 5.74) is 0.462. The molecule has 1 amide bonds. The zero-order chi connectivity index (χ0) is 20.9. The van der Waals surface area contributed by atoms with Gasteiger partial charge in [0.1, 0.15) is 0 Å². The van der Waals surface area contributed by atoms with Crippen molar-refractivity contribution in [2.45, 2.75) is 69.3 Å². The van der Waals surface area contributed by atoms with Crippen LogP contribution in [-0.4, -0.2) is 43.8 Å². The first-order chi connectivity index (χ1) is 13.9. The molecule has 0 radical (unpaired) electrons. The van der Waals surface area contributed by atoms with Crippen LogP contribution >= 0.6 is 0 Å². The summed E-state index contributed by atoms with van der Waals surface area (Å²) in [5, 5.41) is 2.67. The molecule has 160 valence electrons. The topological polar surface area (TPSA) is 92.8 Å². The number of rotatable bonds is 8. The first-order valence-electron chi connectivity index (χ1n) is 10.5. The van der Waals surface area contributed by atoms with E-state index >= 15 is 0 Å². The predicted octanol–water partition coefficient (Wildman–Crippen LogP) is 3.31. The second kappa shape index (κ2) is 9.71. The maximum absolute atomic E-state index is 12.5. The standard InChI is InChI=1S/C21H30N2O5S/c1-16(28-20(24)13-8-17-6-2-3-7-17)21(25)22-18-9-11-19(12-10-18)29(26,27)23-14-4-5-15-23/h9-12,16-17H,2-8,13-15H2,1H3,(H,22,25)/t16-/m0/s1. The minimum Gasteiger partial charge on any atom is -0.453 e. The van der Waals surface area contributed by atoms with Crippen LogP contribution in [0.2, 0.25) is 0 Å². The number of benzene rings is 1. The van der Waals surface area contributed by atoms with Crippen LogP contribution in [0, 0.1) is 5.92 Å². The van der Waals surface area contributed by atoms with Gasteiger partial charge in [0.05, 0.1) is 4.90 Å². The Morgan fingerprint density at radius 1 is 1.10 bits per heavy atom. The number of ether oxygens (including phenoxy) is 1. The largest absolute Gasteiger partial charge is 0.453 e. The lowest BCUT2D eigenvalue weighted by Gasteiger charge is -2.16. The van der Waals surface area contributed by atoms with Gasteiger partial charge >= 0.3 is 5.97 Å². The van der Waals surface area contributed by atoms with Crippen LogP contribution in [0.25, 0.3) is 0 Å². The van der Waals surface area contributed by atoms with E-state index < -0.39 is 22.0 Å². The maximum Gasteiger partial charge on any atom is 0.306 e. The minimum atomic E-state index is -3.48. The molecule has 3 rings (SSSR count). The van der Waals surface area contributed by atoms with Crippen LogP contribution < -0.4 is 5.32 Å². The summed E-state index contributed by atoms with van der Waals surface area (Å²) in [6, 6.07) is 6.08. The zero-order valence-corrected chi connectivity index (χ0v) is 17.7. The highest BCUT2D eigenvalue weighted by Gasteiger charge is 2.27. The third-order valence-corrected chi connectivity index (χ3v) is 7.65. The van der Waals surface area contributed by atoms with Crippen LogP contribution in [0.1, 0.15) is 58.3 Å². The van der Waals surface area contributed by atoms with Gasteiger partial charge < -0.3 is 10.1 Å². The average Bonchev–Trinajstić information content (AvgIpc) is 3.41. The van der Waals surface area contributed by atoms with Gasteiger partial charge in [-0.05, 0) is 56.4 Å². The van der Waals surface area contributed by atoms with E-state index in [2.05, 4.69) is 5.32 Å². The Bertz CT molecular complexity index is 810. The highest BCUT2D eigenvalue weighted by atomic mass is 32.2. The van der Waals surface area contributed by atoms with E-state index in [0.29, 0.717) is 31.1 Å². The summed E-state index contributed by atoms with van der Waals surface area (Å²) in [6.45, 7) is 2.63. The van der Waals surface area contributed by atoms with Gasteiger partial charge in [-0.15, -0.1) is 0 Å². The second-order valence-corrected chi connectivity index (χ2v) is 9.88. The van der Waals surface area contributed by atoms with E-state index in [4.69, 9.17) is 4.74 Å². The fourth-order valence-electron chi connectivity index (χ4n) is 3.96. The molecule has 0 bridgehead atoms. The third-order valence-electron chi connectivity index (χ3n) is 5.73. The number of carbonyl (C=O) groups excluding carboxylic acids is 2. The Morgan fingerprint density at radius 3 is 2.34 bits per heavy atom. The van der Waals surface area contributed by atoms with Crippen molar-refractivity contribution < 1.29 is 22.7 Å². The van der Waals surface area contributed by atoms with Crippen molar-refractivity contribution in [2.24, 2.45) is 5.92 Å². The van der Waals surface area contributed by atoms with Crippen LogP contribution in [0.4, 0.5) is 5.69 Å². The molecule has 0 unspecified atom stereocenters. The maximum atomic E-state index is 12.5. The normalized spacial score (nSPS) is 19.2. The molecule has 1 saturated heterocycles. The molecule has 8 heteroatoms. The third kappa shape index (κ3) is 5.79. The van der Waals surface area contributed by atoms with Crippen LogP contribution in [0.15, 0.2) is 29.2 Å². The Kier molecular flexibility index (Phi) is 7.29. The average molecular weight is 423 g/mol. The first-order valence-corrected chi connectivity index (χ1v) is 11.9. The van der Waals surface area contributed by atoms with Gasteiger partial charge in [-0.2, -0.15) is 4.31 Å². The van der Waals surface area contributed by atoms with Gasteiger partial charge in [0, 0.05) is 25.2 Å². The molecular formula is C21H30N2O5S. The van der Waals surface area contributed by atoms with Crippen LogP contribution in [0.3, 0.4) is 0 Å². The van der Waals surface area contributed by atoms with Crippen molar-refractivity contribution in [3.05, 3.63) is 24.3 Å². The molecule has 0 spiro atoms. The smallest absolute Gasteiger partial charge is 0.306 e. The monoisotopic (exact) mass is 422 g/mol. The number of hydrogen-bond donors (Lipinski definition) is 1. The number of hydrogen-bond acceptors (Lipinski definition) is 5. The second-order valence-electron chi connectivity index (χ2n) is 7.95. The minimum absolute atomic E-state index is 0.212. The van der Waals surface area contributed by atoms with Crippen LogP contribution in [-0.2, 0) is 24.3 Å². The van der Waals surface area contributed by atoms with Gasteiger partial charge in [0.25, 0.3) is 5.91 Å². The SMILES string of the molecule is C[C@H](OC(=O)CCC1CCCC1)C(=O)Nc1ccc(S(=O)(=O)N2CCCC2)cc1. The highest BCUT2D eigenvalue weighted by molar-refractivity contribution is 7.89. The lowest BCUT2D eigenvalue weighted by Crippen LogP contribution is -2.30. The highest BCUT2D eigenvalue weighted by Crippen LogP contribution is 2.28. The predicted molar refractivity (Wildman–Crippen MR) is 110 cm³/mol. The molecule has 1 atom stereocenters. The van der Waals surface area contributed by atoms with Gasteiger partial charge in [0.15, 0.2) is 6.10 Å². The molecule has 29 heavy (non-hydrogen) atoms. The number of anilines is 1. The summed E-state index contributed by atoms with van der Waals surface area (Å²) >= 11 is 0. The van der Waals surface area contributed by atoms with Gasteiger partial charge in [-0.25, -0.2) is 8.42 Å². The molecule has 7 nitrogen and oxygen atoms in total. The molecule has 1 aliphatic carbocycles. The van der Waals surface area contributed by atoms with Gasteiger partial charge in [-0.1, -0.05) is 25.7 Å². The molecule has 1 saturated carbocycles. The van der Waals surface area contributed by atoms with E-state index in [1.54, 1.807) is 12.1 Å².